The van der Waals surface area contributed by atoms with E-state index in [9.17, 15) is 8.42 Å². The Bertz CT molecular complexity index is 500. The number of aliphatic imine (C=N–C) groups is 1. The lowest BCUT2D eigenvalue weighted by Crippen LogP contribution is -2.30. The van der Waals surface area contributed by atoms with Crippen LogP contribution in [0.15, 0.2) is 34.2 Å². The summed E-state index contributed by atoms with van der Waals surface area (Å²) in [6.45, 7) is 3.53. The summed E-state index contributed by atoms with van der Waals surface area (Å²) in [4.78, 5) is 3.95. The molecule has 0 spiro atoms. The van der Waals surface area contributed by atoms with Gasteiger partial charge in [-0.2, -0.15) is 4.99 Å². The first-order valence-corrected chi connectivity index (χ1v) is 6.55. The maximum atomic E-state index is 11.7. The second kappa shape index (κ2) is 5.32. The molecule has 0 fully saturated rings. The minimum atomic E-state index is -3.43. The van der Waals surface area contributed by atoms with Crippen LogP contribution in [-0.2, 0) is 10.0 Å². The summed E-state index contributed by atoms with van der Waals surface area (Å²) in [5, 5.41) is 2.22. The highest BCUT2D eigenvalue weighted by Crippen LogP contribution is 2.16. The summed E-state index contributed by atoms with van der Waals surface area (Å²) >= 11 is 4.45. The van der Waals surface area contributed by atoms with Crippen LogP contribution in [0.5, 0.6) is 0 Å². The minimum Gasteiger partial charge on any atom is -0.209 e. The van der Waals surface area contributed by atoms with E-state index in [-0.39, 0.29) is 10.9 Å². The molecule has 0 bridgehead atoms. The van der Waals surface area contributed by atoms with Gasteiger partial charge in [-0.15, -0.1) is 0 Å². The second-order valence-corrected chi connectivity index (χ2v) is 5.37. The van der Waals surface area contributed by atoms with Crippen LogP contribution in [0.4, 0.5) is 5.69 Å². The molecule has 1 aromatic rings. The fourth-order valence-electron chi connectivity index (χ4n) is 1.13. The Hall–Kier alpha value is -1.07. The summed E-state index contributed by atoms with van der Waals surface area (Å²) in [7, 11) is -3.43. The Morgan fingerprint density at radius 1 is 1.31 bits per heavy atom. The lowest BCUT2D eigenvalue weighted by Gasteiger charge is -2.09. The van der Waals surface area contributed by atoms with Crippen LogP contribution >= 0.6 is 12.2 Å². The molecule has 0 atom stereocenters. The molecule has 0 radical (unpaired) electrons. The van der Waals surface area contributed by atoms with Crippen LogP contribution in [0, 0.1) is 0 Å². The van der Waals surface area contributed by atoms with Crippen molar-refractivity contribution in [2.24, 2.45) is 4.99 Å². The molecule has 0 aromatic heterocycles. The van der Waals surface area contributed by atoms with Gasteiger partial charge in [0.2, 0.25) is 10.0 Å². The van der Waals surface area contributed by atoms with Crippen LogP contribution in [0.2, 0.25) is 0 Å². The average Bonchev–Trinajstić information content (AvgIpc) is 2.17. The Labute approximate surface area is 100 Å². The molecule has 0 aliphatic heterocycles. The molecule has 0 aliphatic rings. The molecule has 4 nitrogen and oxygen atoms in total. The third-order valence-electron chi connectivity index (χ3n) is 1.71. The summed E-state index contributed by atoms with van der Waals surface area (Å²) in [5.41, 5.74) is 0.582. The number of thiocarbonyl (C=S) groups is 1. The van der Waals surface area contributed by atoms with Crippen molar-refractivity contribution in [1.29, 1.82) is 0 Å². The van der Waals surface area contributed by atoms with Crippen molar-refractivity contribution in [2.75, 3.05) is 0 Å². The highest BCUT2D eigenvalue weighted by molar-refractivity contribution is 7.89. The number of isothiocyanates is 1. The topological polar surface area (TPSA) is 58.5 Å². The zero-order valence-corrected chi connectivity index (χ0v) is 10.6. The Morgan fingerprint density at radius 3 is 2.31 bits per heavy atom. The van der Waals surface area contributed by atoms with Gasteiger partial charge >= 0.3 is 0 Å². The van der Waals surface area contributed by atoms with Gasteiger partial charge in [0.25, 0.3) is 0 Å². The molecule has 0 unspecified atom stereocenters. The number of nitrogens with one attached hydrogen (secondary N) is 1. The fourth-order valence-corrected chi connectivity index (χ4v) is 2.49. The predicted octanol–water partition coefficient (Wildman–Crippen LogP) is 2.11. The molecule has 1 rings (SSSR count). The number of hydrogen-bond donors (Lipinski definition) is 1. The van der Waals surface area contributed by atoms with E-state index in [2.05, 4.69) is 27.1 Å². The van der Waals surface area contributed by atoms with Crippen LogP contribution in [0.1, 0.15) is 13.8 Å². The molecule has 1 aromatic carbocycles. The summed E-state index contributed by atoms with van der Waals surface area (Å²) in [6.07, 6.45) is 0. The zero-order valence-electron chi connectivity index (χ0n) is 8.97. The van der Waals surface area contributed by atoms with Gasteiger partial charge in [0.1, 0.15) is 0 Å². The highest BCUT2D eigenvalue weighted by Gasteiger charge is 2.14. The lowest BCUT2D eigenvalue weighted by molar-refractivity contribution is 0.570. The van der Waals surface area contributed by atoms with Crippen molar-refractivity contribution in [3.05, 3.63) is 24.3 Å². The maximum Gasteiger partial charge on any atom is 0.240 e. The summed E-state index contributed by atoms with van der Waals surface area (Å²) in [5.74, 6) is 0. The van der Waals surface area contributed by atoms with E-state index in [1.807, 2.05) is 0 Å². The van der Waals surface area contributed by atoms with E-state index in [1.54, 1.807) is 26.0 Å². The molecule has 6 heteroatoms. The summed E-state index contributed by atoms with van der Waals surface area (Å²) < 4.78 is 26.0. The van der Waals surface area contributed by atoms with Crippen LogP contribution in [0.3, 0.4) is 0 Å². The van der Waals surface area contributed by atoms with Gasteiger partial charge in [0.05, 0.1) is 15.7 Å². The monoisotopic (exact) mass is 256 g/mol. The number of nitrogens with zero attached hydrogens (tertiary/aromatic N) is 1. The molecule has 0 heterocycles. The molecule has 16 heavy (non-hydrogen) atoms. The van der Waals surface area contributed by atoms with E-state index in [4.69, 9.17) is 0 Å². The van der Waals surface area contributed by atoms with Gasteiger partial charge in [-0.05, 0) is 50.3 Å². The van der Waals surface area contributed by atoms with E-state index in [0.29, 0.717) is 5.69 Å². The van der Waals surface area contributed by atoms with Gasteiger partial charge < -0.3 is 0 Å². The largest absolute Gasteiger partial charge is 0.240 e. The highest BCUT2D eigenvalue weighted by atomic mass is 32.2. The van der Waals surface area contributed by atoms with Crippen molar-refractivity contribution in [3.63, 3.8) is 0 Å². The van der Waals surface area contributed by atoms with E-state index < -0.39 is 10.0 Å². The number of sulfonamides is 1. The molecular weight excluding hydrogens is 244 g/mol. The normalized spacial score (nSPS) is 11.2. The van der Waals surface area contributed by atoms with Crippen molar-refractivity contribution in [1.82, 2.24) is 4.72 Å². The lowest BCUT2D eigenvalue weighted by atomic mass is 10.3. The maximum absolute atomic E-state index is 11.7. The third-order valence-corrected chi connectivity index (χ3v) is 3.48. The van der Waals surface area contributed by atoms with E-state index in [1.165, 1.54) is 12.1 Å². The molecule has 0 saturated carbocycles. The molecule has 0 amide bonds. The van der Waals surface area contributed by atoms with Crippen LogP contribution in [-0.4, -0.2) is 19.6 Å². The van der Waals surface area contributed by atoms with Crippen molar-refractivity contribution in [3.8, 4) is 0 Å². The number of rotatable bonds is 4. The van der Waals surface area contributed by atoms with Crippen LogP contribution in [0.25, 0.3) is 0 Å². The van der Waals surface area contributed by atoms with Crippen molar-refractivity contribution >= 4 is 33.1 Å². The third kappa shape index (κ3) is 3.50. The van der Waals surface area contributed by atoms with Crippen molar-refractivity contribution < 1.29 is 8.42 Å². The molecule has 0 saturated heterocycles. The Morgan fingerprint density at radius 2 is 1.88 bits per heavy atom. The van der Waals surface area contributed by atoms with Gasteiger partial charge in [0.15, 0.2) is 0 Å². The van der Waals surface area contributed by atoms with E-state index in [0.717, 1.165) is 0 Å². The number of hydrogen-bond acceptors (Lipinski definition) is 4. The number of benzene rings is 1. The Balaban J connectivity index is 3.02. The predicted molar refractivity (Wildman–Crippen MR) is 66.6 cm³/mol. The summed E-state index contributed by atoms with van der Waals surface area (Å²) in [6, 6.07) is 5.98. The minimum absolute atomic E-state index is 0.135. The van der Waals surface area contributed by atoms with Gasteiger partial charge in [0, 0.05) is 6.04 Å². The molecular formula is C10H12N2O2S2. The fraction of sp³-hybridized carbons (Fsp3) is 0.300. The quantitative estimate of drug-likeness (QED) is 0.663. The SMILES string of the molecule is CC(C)NS(=O)(=O)c1ccc(N=C=S)cc1. The zero-order chi connectivity index (χ0) is 12.2. The molecule has 1 N–H and O–H groups in total. The smallest absolute Gasteiger partial charge is 0.209 e. The first-order chi connectivity index (χ1) is 7.45. The Kier molecular flexibility index (Phi) is 4.32. The first-order valence-electron chi connectivity index (χ1n) is 4.66. The first kappa shape index (κ1) is 13.0. The van der Waals surface area contributed by atoms with Gasteiger partial charge in [-0.25, -0.2) is 13.1 Å². The van der Waals surface area contributed by atoms with Gasteiger partial charge in [-0.1, -0.05) is 0 Å². The van der Waals surface area contributed by atoms with Crippen molar-refractivity contribution in [2.45, 2.75) is 24.8 Å². The average molecular weight is 256 g/mol. The second-order valence-electron chi connectivity index (χ2n) is 3.47. The van der Waals surface area contributed by atoms with E-state index >= 15 is 0 Å². The standard InChI is InChI=1S/C10H12N2O2S2/c1-8(2)12-16(13,14)10-5-3-9(4-6-10)11-7-15/h3-6,8,12H,1-2H3. The molecule has 86 valence electrons. The van der Waals surface area contributed by atoms with Gasteiger partial charge in [-0.3, -0.25) is 0 Å². The molecule has 0 aliphatic carbocycles. The van der Waals surface area contributed by atoms with Crippen LogP contribution < -0.4 is 4.72 Å².